The van der Waals surface area contributed by atoms with E-state index in [-0.39, 0.29) is 45.8 Å². The molecule has 0 atom stereocenters. The smallest absolute Gasteiger partial charge is 0.233 e. The van der Waals surface area contributed by atoms with Crippen LogP contribution in [0, 0.1) is 10.8 Å². The predicted octanol–water partition coefficient (Wildman–Crippen LogP) is -5.53. The van der Waals surface area contributed by atoms with E-state index >= 15 is 0 Å². The molecule has 0 aliphatic rings. The lowest BCUT2D eigenvalue weighted by molar-refractivity contribution is -0.132. The third-order valence-electron chi connectivity index (χ3n) is 3.96. The molecule has 0 unspecified atom stereocenters. The summed E-state index contributed by atoms with van der Waals surface area (Å²) in [5.41, 5.74) is 30.4. The van der Waals surface area contributed by atoms with E-state index in [0.717, 1.165) is 0 Å². The van der Waals surface area contributed by atoms with Crippen LogP contribution < -0.4 is 45.0 Å². The van der Waals surface area contributed by atoms with E-state index in [9.17, 15) is 14.4 Å². The Kier molecular flexibility index (Phi) is 8.64. The van der Waals surface area contributed by atoms with Crippen LogP contribution in [-0.2, 0) is 14.4 Å². The third kappa shape index (κ3) is 5.11. The Bertz CT molecular complexity index is 421. The minimum Gasteiger partial charge on any atom is -0.369 e. The van der Waals surface area contributed by atoms with Gasteiger partial charge in [-0.2, -0.15) is 0 Å². The lowest BCUT2D eigenvalue weighted by Crippen LogP contribution is -2.61. The van der Waals surface area contributed by atoms with Crippen molar-refractivity contribution in [3.63, 3.8) is 0 Å². The van der Waals surface area contributed by atoms with Crippen molar-refractivity contribution >= 4 is 17.7 Å². The Hall–Kier alpha value is -1.79. The van der Waals surface area contributed by atoms with Crippen LogP contribution in [0.3, 0.4) is 0 Å². The largest absolute Gasteiger partial charge is 0.369 e. The average molecular weight is 332 g/mol. The van der Waals surface area contributed by atoms with Gasteiger partial charge in [0.05, 0.1) is 17.4 Å². The van der Waals surface area contributed by atoms with Gasteiger partial charge in [-0.3, -0.25) is 14.4 Å². The molecule has 14 N–H and O–H groups in total. The van der Waals surface area contributed by atoms with Crippen molar-refractivity contribution in [2.75, 3.05) is 45.8 Å². The number of carbonyl (C=O) groups is 3. The first-order valence-electron chi connectivity index (χ1n) is 7.12. The van der Waals surface area contributed by atoms with Gasteiger partial charge in [0, 0.05) is 39.3 Å². The first-order chi connectivity index (χ1) is 10.8. The van der Waals surface area contributed by atoms with E-state index in [1.54, 1.807) is 0 Å². The maximum absolute atomic E-state index is 12.4. The Labute approximate surface area is 134 Å². The summed E-state index contributed by atoms with van der Waals surface area (Å²) in [7, 11) is 0. The molecular formula is C12H28N8O3. The molecule has 3 amide bonds. The SMILES string of the molecule is NCC(=O)NCC(CN)(CN)C(=O)NCC(CN)(CN)C(N)=O. The molecular weight excluding hydrogens is 304 g/mol. The summed E-state index contributed by atoms with van der Waals surface area (Å²) in [4.78, 5) is 35.2. The van der Waals surface area contributed by atoms with Crippen molar-refractivity contribution in [1.82, 2.24) is 10.6 Å². The van der Waals surface area contributed by atoms with Gasteiger partial charge in [-0.1, -0.05) is 0 Å². The van der Waals surface area contributed by atoms with E-state index in [1.807, 2.05) is 0 Å². The van der Waals surface area contributed by atoms with Crippen LogP contribution in [0.4, 0.5) is 0 Å². The van der Waals surface area contributed by atoms with Crippen LogP contribution >= 0.6 is 0 Å². The number of nitrogens with two attached hydrogens (primary N) is 6. The van der Waals surface area contributed by atoms with Crippen LogP contribution in [-0.4, -0.2) is 63.5 Å². The molecule has 0 aromatic heterocycles. The van der Waals surface area contributed by atoms with Gasteiger partial charge < -0.3 is 45.0 Å². The summed E-state index contributed by atoms with van der Waals surface area (Å²) in [6.07, 6.45) is 0. The number of amides is 3. The Morgan fingerprint density at radius 2 is 1.17 bits per heavy atom. The molecule has 0 aliphatic carbocycles. The molecule has 0 heterocycles. The number of hydrogen-bond donors (Lipinski definition) is 8. The standard InChI is InChI=1S/C12H28N8O3/c13-1-8(21)19-7-12(4-16,5-17)10(23)20-6-11(2-14,3-15)9(18)22/h1-7,13-17H2,(H2,18,22)(H,19,21)(H,20,23). The fourth-order valence-electron chi connectivity index (χ4n) is 1.79. The van der Waals surface area contributed by atoms with Gasteiger partial charge in [-0.25, -0.2) is 0 Å². The van der Waals surface area contributed by atoms with E-state index < -0.39 is 28.6 Å². The zero-order chi connectivity index (χ0) is 18.1. The minimum atomic E-state index is -1.26. The lowest BCUT2D eigenvalue weighted by atomic mass is 9.84. The van der Waals surface area contributed by atoms with Crippen molar-refractivity contribution in [3.8, 4) is 0 Å². The van der Waals surface area contributed by atoms with E-state index in [2.05, 4.69) is 10.6 Å². The van der Waals surface area contributed by atoms with Gasteiger partial charge in [-0.05, 0) is 0 Å². The zero-order valence-corrected chi connectivity index (χ0v) is 13.1. The molecule has 11 nitrogen and oxygen atoms in total. The number of nitrogens with one attached hydrogen (secondary N) is 2. The van der Waals surface area contributed by atoms with Gasteiger partial charge in [0.1, 0.15) is 0 Å². The summed E-state index contributed by atoms with van der Waals surface area (Å²) in [6, 6.07) is 0. The second kappa shape index (κ2) is 9.37. The number of rotatable bonds is 11. The summed E-state index contributed by atoms with van der Waals surface area (Å²) in [5.74, 6) is -1.70. The first kappa shape index (κ1) is 21.2. The highest BCUT2D eigenvalue weighted by Gasteiger charge is 2.39. The number of hydrogen-bond acceptors (Lipinski definition) is 8. The topological polar surface area (TPSA) is 231 Å². The molecule has 0 radical (unpaired) electrons. The zero-order valence-electron chi connectivity index (χ0n) is 13.1. The van der Waals surface area contributed by atoms with Crippen LogP contribution in [0.25, 0.3) is 0 Å². The fraction of sp³-hybridized carbons (Fsp3) is 0.750. The van der Waals surface area contributed by atoms with Crippen LogP contribution in [0.1, 0.15) is 0 Å². The van der Waals surface area contributed by atoms with E-state index in [1.165, 1.54) is 0 Å². The van der Waals surface area contributed by atoms with Gasteiger partial charge in [0.25, 0.3) is 0 Å². The Morgan fingerprint density at radius 1 is 0.739 bits per heavy atom. The van der Waals surface area contributed by atoms with Gasteiger partial charge in [-0.15, -0.1) is 0 Å². The molecule has 0 spiro atoms. The van der Waals surface area contributed by atoms with Crippen LogP contribution in [0.5, 0.6) is 0 Å². The Morgan fingerprint density at radius 3 is 1.52 bits per heavy atom. The van der Waals surface area contributed by atoms with Crippen molar-refractivity contribution in [2.45, 2.75) is 0 Å². The monoisotopic (exact) mass is 332 g/mol. The number of primary amides is 1. The maximum Gasteiger partial charge on any atom is 0.233 e. The van der Waals surface area contributed by atoms with Gasteiger partial charge >= 0.3 is 0 Å². The second-order valence-corrected chi connectivity index (χ2v) is 5.40. The van der Waals surface area contributed by atoms with Crippen molar-refractivity contribution in [3.05, 3.63) is 0 Å². The predicted molar refractivity (Wildman–Crippen MR) is 85.4 cm³/mol. The van der Waals surface area contributed by atoms with E-state index in [4.69, 9.17) is 34.4 Å². The Balaban J connectivity index is 5.05. The molecule has 0 saturated carbocycles. The average Bonchev–Trinajstić information content (AvgIpc) is 2.56. The van der Waals surface area contributed by atoms with Crippen LogP contribution in [0.15, 0.2) is 0 Å². The summed E-state index contributed by atoms with van der Waals surface area (Å²) < 4.78 is 0. The highest BCUT2D eigenvalue weighted by molar-refractivity contribution is 5.87. The molecule has 134 valence electrons. The fourth-order valence-corrected chi connectivity index (χ4v) is 1.79. The normalized spacial score (nSPS) is 11.9. The van der Waals surface area contributed by atoms with Crippen molar-refractivity contribution in [2.24, 2.45) is 45.2 Å². The second-order valence-electron chi connectivity index (χ2n) is 5.40. The van der Waals surface area contributed by atoms with Gasteiger partial charge in [0.2, 0.25) is 17.7 Å². The van der Waals surface area contributed by atoms with Crippen LogP contribution in [0.2, 0.25) is 0 Å². The highest BCUT2D eigenvalue weighted by Crippen LogP contribution is 2.16. The van der Waals surface area contributed by atoms with Crippen molar-refractivity contribution < 1.29 is 14.4 Å². The molecule has 0 aromatic carbocycles. The minimum absolute atomic E-state index is 0.0866. The van der Waals surface area contributed by atoms with Gasteiger partial charge in [0.15, 0.2) is 0 Å². The number of carbonyl (C=O) groups excluding carboxylic acids is 3. The summed E-state index contributed by atoms with van der Waals surface area (Å²) in [5, 5.41) is 5.03. The molecule has 11 heteroatoms. The molecule has 0 fully saturated rings. The molecule has 0 saturated heterocycles. The van der Waals surface area contributed by atoms with Crippen molar-refractivity contribution in [1.29, 1.82) is 0 Å². The molecule has 0 rings (SSSR count). The van der Waals surface area contributed by atoms with E-state index in [0.29, 0.717) is 0 Å². The quantitative estimate of drug-likeness (QED) is 0.181. The highest BCUT2D eigenvalue weighted by atomic mass is 16.2. The molecule has 23 heavy (non-hydrogen) atoms. The third-order valence-corrected chi connectivity index (χ3v) is 3.96. The molecule has 0 bridgehead atoms. The lowest BCUT2D eigenvalue weighted by Gasteiger charge is -2.33. The summed E-state index contributed by atoms with van der Waals surface area (Å²) in [6.45, 7) is -0.942. The molecule has 0 aliphatic heterocycles. The summed E-state index contributed by atoms with van der Waals surface area (Å²) >= 11 is 0. The first-order valence-corrected chi connectivity index (χ1v) is 7.12. The molecule has 0 aromatic rings. The maximum atomic E-state index is 12.4.